The average molecular weight is 450 g/mol. The highest BCUT2D eigenvalue weighted by Crippen LogP contribution is 2.34. The summed E-state index contributed by atoms with van der Waals surface area (Å²) in [5.41, 5.74) is 0. The number of piperidine rings is 1. The maximum atomic E-state index is 5.94. The lowest BCUT2D eigenvalue weighted by atomic mass is 9.96. The van der Waals surface area contributed by atoms with Crippen molar-refractivity contribution in [3.8, 4) is 0 Å². The van der Waals surface area contributed by atoms with Gasteiger partial charge in [0.15, 0.2) is 5.96 Å². The second-order valence-electron chi connectivity index (χ2n) is 7.67. The van der Waals surface area contributed by atoms with Crippen molar-refractivity contribution in [2.45, 2.75) is 77.2 Å². The number of likely N-dealkylation sites (tertiary alicyclic amines) is 1. The summed E-state index contributed by atoms with van der Waals surface area (Å²) in [4.78, 5) is 7.46. The van der Waals surface area contributed by atoms with Crippen molar-refractivity contribution in [3.63, 3.8) is 0 Å². The number of guanidine groups is 1. The molecular formula is C18H35IN4O. The van der Waals surface area contributed by atoms with Gasteiger partial charge in [-0.2, -0.15) is 0 Å². The standard InChI is InChI=1S/C18H34N4O.HI/c1-4-19-18(21-16-10-15-7-8-17(16)23-15)20-11-14(3)22-9-5-6-13(2)12-22;/h13-17H,4-12H2,1-3H3,(H2,19,20,21);1H. The average Bonchev–Trinajstić information content (AvgIpc) is 3.15. The van der Waals surface area contributed by atoms with Crippen LogP contribution in [0.1, 0.15) is 52.9 Å². The van der Waals surface area contributed by atoms with E-state index in [1.165, 1.54) is 38.8 Å². The maximum Gasteiger partial charge on any atom is 0.191 e. The van der Waals surface area contributed by atoms with E-state index < -0.39 is 0 Å². The zero-order valence-corrected chi connectivity index (χ0v) is 17.8. The van der Waals surface area contributed by atoms with Crippen LogP contribution in [-0.4, -0.2) is 61.3 Å². The number of rotatable bonds is 5. The van der Waals surface area contributed by atoms with Crippen molar-refractivity contribution in [2.75, 3.05) is 26.2 Å². The molecular weight excluding hydrogens is 415 g/mol. The molecule has 3 heterocycles. The number of fused-ring (bicyclic) bond motifs is 2. The topological polar surface area (TPSA) is 48.9 Å². The summed E-state index contributed by atoms with van der Waals surface area (Å²) in [7, 11) is 0. The van der Waals surface area contributed by atoms with E-state index in [4.69, 9.17) is 9.73 Å². The van der Waals surface area contributed by atoms with Gasteiger partial charge in [-0.15, -0.1) is 24.0 Å². The Balaban J connectivity index is 0.00000208. The molecule has 5 unspecified atom stereocenters. The van der Waals surface area contributed by atoms with E-state index in [0.29, 0.717) is 24.3 Å². The van der Waals surface area contributed by atoms with Crippen molar-refractivity contribution < 1.29 is 4.74 Å². The minimum absolute atomic E-state index is 0. The number of hydrogen-bond donors (Lipinski definition) is 2. The van der Waals surface area contributed by atoms with Gasteiger partial charge in [-0.05, 0) is 58.4 Å². The molecule has 2 N–H and O–H groups in total. The van der Waals surface area contributed by atoms with E-state index in [-0.39, 0.29) is 24.0 Å². The van der Waals surface area contributed by atoms with Crippen molar-refractivity contribution >= 4 is 29.9 Å². The number of halogens is 1. The first-order chi connectivity index (χ1) is 11.2. The number of hydrogen-bond acceptors (Lipinski definition) is 3. The quantitative estimate of drug-likeness (QED) is 0.384. The molecule has 3 saturated heterocycles. The van der Waals surface area contributed by atoms with Gasteiger partial charge in [0, 0.05) is 19.1 Å². The van der Waals surface area contributed by atoms with Crippen LogP contribution in [0.2, 0.25) is 0 Å². The van der Waals surface area contributed by atoms with E-state index in [0.717, 1.165) is 31.4 Å². The van der Waals surface area contributed by atoms with Crippen LogP contribution in [0.5, 0.6) is 0 Å². The van der Waals surface area contributed by atoms with E-state index in [9.17, 15) is 0 Å². The van der Waals surface area contributed by atoms with Gasteiger partial charge in [0.1, 0.15) is 0 Å². The van der Waals surface area contributed by atoms with Gasteiger partial charge in [-0.25, -0.2) is 0 Å². The summed E-state index contributed by atoms with van der Waals surface area (Å²) in [6.07, 6.45) is 7.15. The summed E-state index contributed by atoms with van der Waals surface area (Å²) in [6.45, 7) is 11.0. The first kappa shape index (κ1) is 20.2. The fourth-order valence-electron chi connectivity index (χ4n) is 4.25. The predicted molar refractivity (Wildman–Crippen MR) is 110 cm³/mol. The zero-order valence-electron chi connectivity index (χ0n) is 15.5. The minimum atomic E-state index is 0. The fourth-order valence-corrected chi connectivity index (χ4v) is 4.25. The van der Waals surface area contributed by atoms with E-state index in [1.54, 1.807) is 0 Å². The second kappa shape index (κ2) is 9.57. The lowest BCUT2D eigenvalue weighted by Gasteiger charge is -2.35. The van der Waals surface area contributed by atoms with Crippen LogP contribution in [0.3, 0.4) is 0 Å². The van der Waals surface area contributed by atoms with Crippen molar-refractivity contribution in [1.29, 1.82) is 0 Å². The predicted octanol–water partition coefficient (Wildman–Crippen LogP) is 2.60. The Hall–Kier alpha value is -0.0800. The summed E-state index contributed by atoms with van der Waals surface area (Å²) in [6, 6.07) is 0.960. The van der Waals surface area contributed by atoms with Gasteiger partial charge in [0.25, 0.3) is 0 Å². The van der Waals surface area contributed by atoms with Crippen LogP contribution in [0.4, 0.5) is 0 Å². The van der Waals surface area contributed by atoms with Gasteiger partial charge in [0.05, 0.1) is 24.8 Å². The van der Waals surface area contributed by atoms with E-state index in [1.807, 2.05) is 0 Å². The van der Waals surface area contributed by atoms with Crippen LogP contribution in [0.25, 0.3) is 0 Å². The second-order valence-corrected chi connectivity index (χ2v) is 7.67. The van der Waals surface area contributed by atoms with Crippen molar-refractivity contribution in [1.82, 2.24) is 15.5 Å². The maximum absolute atomic E-state index is 5.94. The molecule has 0 aromatic heterocycles. The number of aliphatic imine (C=N–C) groups is 1. The van der Waals surface area contributed by atoms with Crippen LogP contribution in [0, 0.1) is 5.92 Å². The SMILES string of the molecule is CCNC(=NCC(C)N1CCCC(C)C1)NC1CC2CCC1O2.I. The molecule has 6 heteroatoms. The highest BCUT2D eigenvalue weighted by atomic mass is 127. The van der Waals surface area contributed by atoms with Gasteiger partial charge >= 0.3 is 0 Å². The Morgan fingerprint density at radius 2 is 2.17 bits per heavy atom. The molecule has 0 amide bonds. The first-order valence-electron chi connectivity index (χ1n) is 9.60. The van der Waals surface area contributed by atoms with Crippen molar-refractivity contribution in [3.05, 3.63) is 0 Å². The molecule has 0 aliphatic carbocycles. The molecule has 2 bridgehead atoms. The number of ether oxygens (including phenoxy) is 1. The number of nitrogens with one attached hydrogen (secondary N) is 2. The lowest BCUT2D eigenvalue weighted by Crippen LogP contribution is -2.48. The van der Waals surface area contributed by atoms with Gasteiger partial charge in [-0.1, -0.05) is 6.92 Å². The van der Waals surface area contributed by atoms with Crippen LogP contribution in [0.15, 0.2) is 4.99 Å². The van der Waals surface area contributed by atoms with Gasteiger partial charge in [0.2, 0.25) is 0 Å². The van der Waals surface area contributed by atoms with E-state index >= 15 is 0 Å². The highest BCUT2D eigenvalue weighted by molar-refractivity contribution is 14.0. The van der Waals surface area contributed by atoms with Gasteiger partial charge in [-0.3, -0.25) is 9.89 Å². The Bertz CT molecular complexity index is 420. The molecule has 0 spiro atoms. The normalized spacial score (nSPS) is 34.7. The molecule has 24 heavy (non-hydrogen) atoms. The van der Waals surface area contributed by atoms with Crippen LogP contribution in [-0.2, 0) is 4.74 Å². The summed E-state index contributed by atoms with van der Waals surface area (Å²) in [5, 5.41) is 7.01. The molecule has 3 rings (SSSR count). The Morgan fingerprint density at radius 1 is 1.33 bits per heavy atom. The van der Waals surface area contributed by atoms with Crippen LogP contribution >= 0.6 is 24.0 Å². The largest absolute Gasteiger partial charge is 0.373 e. The molecule has 3 aliphatic rings. The summed E-state index contributed by atoms with van der Waals surface area (Å²) < 4.78 is 5.94. The summed E-state index contributed by atoms with van der Waals surface area (Å²) >= 11 is 0. The third-order valence-corrected chi connectivity index (χ3v) is 5.60. The molecule has 5 atom stereocenters. The monoisotopic (exact) mass is 450 g/mol. The Labute approximate surface area is 164 Å². The molecule has 0 saturated carbocycles. The smallest absolute Gasteiger partial charge is 0.191 e. The Morgan fingerprint density at radius 3 is 2.79 bits per heavy atom. The highest BCUT2D eigenvalue weighted by Gasteiger charge is 2.41. The molecule has 0 aromatic carbocycles. The molecule has 140 valence electrons. The molecule has 0 radical (unpaired) electrons. The van der Waals surface area contributed by atoms with E-state index in [2.05, 4.69) is 36.3 Å². The summed E-state index contributed by atoms with van der Waals surface area (Å²) in [5.74, 6) is 1.79. The van der Waals surface area contributed by atoms with Gasteiger partial charge < -0.3 is 15.4 Å². The molecule has 0 aromatic rings. The third kappa shape index (κ3) is 5.21. The molecule has 3 aliphatic heterocycles. The fraction of sp³-hybridized carbons (Fsp3) is 0.944. The minimum Gasteiger partial charge on any atom is -0.373 e. The Kier molecular flexibility index (Phi) is 8.07. The zero-order chi connectivity index (χ0) is 16.2. The van der Waals surface area contributed by atoms with Crippen molar-refractivity contribution in [2.24, 2.45) is 10.9 Å². The van der Waals surface area contributed by atoms with Crippen LogP contribution < -0.4 is 10.6 Å². The first-order valence-corrected chi connectivity index (χ1v) is 9.60. The molecule has 3 fully saturated rings. The molecule has 5 nitrogen and oxygen atoms in total. The lowest BCUT2D eigenvalue weighted by molar-refractivity contribution is 0.0992. The third-order valence-electron chi connectivity index (χ3n) is 5.60. The number of nitrogens with zero attached hydrogens (tertiary/aromatic N) is 2.